The van der Waals surface area contributed by atoms with Crippen LogP contribution < -0.4 is 5.43 Å². The van der Waals surface area contributed by atoms with Gasteiger partial charge in [-0.25, -0.2) is 5.43 Å². The van der Waals surface area contributed by atoms with Crippen LogP contribution in [-0.2, 0) is 10.5 Å². The minimum Gasteiger partial charge on any atom is -0.272 e. The maximum absolute atomic E-state index is 11.9. The highest BCUT2D eigenvalue weighted by Crippen LogP contribution is 2.15. The summed E-state index contributed by atoms with van der Waals surface area (Å²) in [5, 5.41) is 4.18. The van der Waals surface area contributed by atoms with Crippen LogP contribution in [-0.4, -0.2) is 17.4 Å². The van der Waals surface area contributed by atoms with Gasteiger partial charge in [0.25, 0.3) is 0 Å². The molecule has 0 heterocycles. The first-order valence-corrected chi connectivity index (χ1v) is 9.91. The van der Waals surface area contributed by atoms with Crippen LogP contribution in [0.4, 0.5) is 0 Å². The van der Waals surface area contributed by atoms with Gasteiger partial charge in [-0.1, -0.05) is 41.5 Å². The van der Waals surface area contributed by atoms with Gasteiger partial charge in [0, 0.05) is 9.32 Å². The molecule has 0 aliphatic rings. The Kier molecular flexibility index (Phi) is 7.30. The van der Waals surface area contributed by atoms with E-state index in [-0.39, 0.29) is 5.91 Å². The average molecular weight is 452 g/mol. The Morgan fingerprint density at radius 1 is 1.12 bits per heavy atom. The molecular formula is C19H21IN2OS. The highest BCUT2D eigenvalue weighted by molar-refractivity contribution is 14.1. The summed E-state index contributed by atoms with van der Waals surface area (Å²) in [4.78, 5) is 11.9. The van der Waals surface area contributed by atoms with E-state index in [0.717, 1.165) is 17.0 Å². The number of hydrazone groups is 1. The third kappa shape index (κ3) is 6.28. The molecule has 0 aliphatic carbocycles. The molecule has 0 radical (unpaired) electrons. The summed E-state index contributed by atoms with van der Waals surface area (Å²) in [5.41, 5.74) is 8.22. The van der Waals surface area contributed by atoms with E-state index in [1.54, 1.807) is 11.8 Å². The molecule has 0 saturated heterocycles. The number of nitrogens with one attached hydrogen (secondary N) is 1. The SMILES string of the molecule is CC(=NNC(=O)CSCc1cc(C)cc(C)c1)c1ccc(I)cc1. The highest BCUT2D eigenvalue weighted by atomic mass is 127. The lowest BCUT2D eigenvalue weighted by molar-refractivity contribution is -0.118. The molecule has 0 atom stereocenters. The number of nitrogens with zero attached hydrogens (tertiary/aromatic N) is 1. The molecule has 2 aromatic rings. The fourth-order valence-corrected chi connectivity index (χ4v) is 3.46. The van der Waals surface area contributed by atoms with Crippen LogP contribution >= 0.6 is 34.4 Å². The number of hydrogen-bond donors (Lipinski definition) is 1. The van der Waals surface area contributed by atoms with Gasteiger partial charge in [-0.05, 0) is 66.6 Å². The second-order valence-corrected chi connectivity index (χ2v) is 7.96. The van der Waals surface area contributed by atoms with Gasteiger partial charge in [0.05, 0.1) is 11.5 Å². The van der Waals surface area contributed by atoms with Crippen LogP contribution in [0.15, 0.2) is 47.6 Å². The van der Waals surface area contributed by atoms with Crippen molar-refractivity contribution in [2.75, 3.05) is 5.75 Å². The van der Waals surface area contributed by atoms with E-state index in [1.807, 2.05) is 31.2 Å². The van der Waals surface area contributed by atoms with Crippen molar-refractivity contribution in [2.45, 2.75) is 26.5 Å². The summed E-state index contributed by atoms with van der Waals surface area (Å²) in [6, 6.07) is 14.5. The lowest BCUT2D eigenvalue weighted by Gasteiger charge is -2.05. The maximum atomic E-state index is 11.9. The number of aryl methyl sites for hydroxylation is 2. The molecule has 0 saturated carbocycles. The molecule has 0 unspecified atom stereocenters. The van der Waals surface area contributed by atoms with E-state index >= 15 is 0 Å². The second-order valence-electron chi connectivity index (χ2n) is 5.73. The molecule has 0 spiro atoms. The van der Waals surface area contributed by atoms with Crippen LogP contribution in [0.5, 0.6) is 0 Å². The summed E-state index contributed by atoms with van der Waals surface area (Å²) >= 11 is 3.86. The molecule has 3 nitrogen and oxygen atoms in total. The number of benzene rings is 2. The first-order valence-electron chi connectivity index (χ1n) is 7.68. The third-order valence-electron chi connectivity index (χ3n) is 3.39. The summed E-state index contributed by atoms with van der Waals surface area (Å²) in [7, 11) is 0. The molecule has 126 valence electrons. The zero-order valence-electron chi connectivity index (χ0n) is 14.1. The van der Waals surface area contributed by atoms with Crippen molar-refractivity contribution in [3.8, 4) is 0 Å². The van der Waals surface area contributed by atoms with Crippen LogP contribution in [0.2, 0.25) is 0 Å². The smallest absolute Gasteiger partial charge is 0.250 e. The minimum atomic E-state index is -0.0748. The standard InChI is InChI=1S/C19H21IN2OS/c1-13-8-14(2)10-16(9-13)11-24-12-19(23)22-21-15(3)17-4-6-18(20)7-5-17/h4-10H,11-12H2,1-3H3,(H,22,23). The molecule has 0 fully saturated rings. The predicted molar refractivity (Wildman–Crippen MR) is 112 cm³/mol. The van der Waals surface area contributed by atoms with Crippen molar-refractivity contribution in [2.24, 2.45) is 5.10 Å². The number of carbonyl (C=O) groups is 1. The van der Waals surface area contributed by atoms with E-state index in [0.29, 0.717) is 5.75 Å². The van der Waals surface area contributed by atoms with Gasteiger partial charge >= 0.3 is 0 Å². The molecule has 1 amide bonds. The van der Waals surface area contributed by atoms with Crippen molar-refractivity contribution >= 4 is 46.0 Å². The average Bonchev–Trinajstić information content (AvgIpc) is 2.52. The van der Waals surface area contributed by atoms with Gasteiger partial charge in [-0.15, -0.1) is 11.8 Å². The number of halogens is 1. The fraction of sp³-hybridized carbons (Fsp3) is 0.263. The van der Waals surface area contributed by atoms with E-state index in [4.69, 9.17) is 0 Å². The van der Waals surface area contributed by atoms with E-state index in [1.165, 1.54) is 20.3 Å². The van der Waals surface area contributed by atoms with Crippen molar-refractivity contribution in [1.29, 1.82) is 0 Å². The fourth-order valence-electron chi connectivity index (χ4n) is 2.35. The molecule has 0 bridgehead atoms. The number of hydrogen-bond acceptors (Lipinski definition) is 3. The molecule has 0 aromatic heterocycles. The van der Waals surface area contributed by atoms with Crippen LogP contribution in [0.3, 0.4) is 0 Å². The zero-order chi connectivity index (χ0) is 17.5. The Morgan fingerprint density at radius 2 is 1.75 bits per heavy atom. The first-order chi connectivity index (χ1) is 11.4. The van der Waals surface area contributed by atoms with Gasteiger partial charge in [-0.3, -0.25) is 4.79 Å². The topological polar surface area (TPSA) is 41.5 Å². The summed E-state index contributed by atoms with van der Waals surface area (Å²) in [6.07, 6.45) is 0. The van der Waals surface area contributed by atoms with E-state index < -0.39 is 0 Å². The Balaban J connectivity index is 1.80. The van der Waals surface area contributed by atoms with Gasteiger partial charge in [0.1, 0.15) is 0 Å². The quantitative estimate of drug-likeness (QED) is 0.393. The Morgan fingerprint density at radius 3 is 2.38 bits per heavy atom. The van der Waals surface area contributed by atoms with Crippen molar-refractivity contribution < 1.29 is 4.79 Å². The Labute approximate surface area is 161 Å². The van der Waals surface area contributed by atoms with Gasteiger partial charge < -0.3 is 0 Å². The molecule has 24 heavy (non-hydrogen) atoms. The largest absolute Gasteiger partial charge is 0.272 e. The highest BCUT2D eigenvalue weighted by Gasteiger charge is 2.03. The molecule has 5 heteroatoms. The summed E-state index contributed by atoms with van der Waals surface area (Å²) in [6.45, 7) is 6.08. The molecule has 1 N–H and O–H groups in total. The van der Waals surface area contributed by atoms with Crippen molar-refractivity contribution in [1.82, 2.24) is 5.43 Å². The lowest BCUT2D eigenvalue weighted by Crippen LogP contribution is -2.21. The van der Waals surface area contributed by atoms with E-state index in [9.17, 15) is 4.79 Å². The number of amides is 1. The minimum absolute atomic E-state index is 0.0748. The van der Waals surface area contributed by atoms with E-state index in [2.05, 4.69) is 65.2 Å². The molecule has 0 aliphatic heterocycles. The van der Waals surface area contributed by atoms with Crippen molar-refractivity contribution in [3.05, 3.63) is 68.3 Å². The maximum Gasteiger partial charge on any atom is 0.250 e. The van der Waals surface area contributed by atoms with Crippen LogP contribution in [0.1, 0.15) is 29.2 Å². The number of thioether (sulfide) groups is 1. The molecular weight excluding hydrogens is 431 g/mol. The van der Waals surface area contributed by atoms with Crippen LogP contribution in [0, 0.1) is 17.4 Å². The monoisotopic (exact) mass is 452 g/mol. The third-order valence-corrected chi connectivity index (χ3v) is 5.12. The zero-order valence-corrected chi connectivity index (χ0v) is 17.1. The predicted octanol–water partition coefficient (Wildman–Crippen LogP) is 4.68. The van der Waals surface area contributed by atoms with Crippen LogP contribution in [0.25, 0.3) is 0 Å². The van der Waals surface area contributed by atoms with Crippen molar-refractivity contribution in [3.63, 3.8) is 0 Å². The van der Waals surface area contributed by atoms with Gasteiger partial charge in [-0.2, -0.15) is 5.10 Å². The Bertz CT molecular complexity index is 721. The van der Waals surface area contributed by atoms with Gasteiger partial charge in [0.2, 0.25) is 5.91 Å². The molecule has 2 rings (SSSR count). The first kappa shape index (κ1) is 19.0. The second kappa shape index (κ2) is 9.22. The number of carbonyl (C=O) groups excluding carboxylic acids is 1. The Hall–Kier alpha value is -1.34. The van der Waals surface area contributed by atoms with Gasteiger partial charge in [0.15, 0.2) is 0 Å². The normalized spacial score (nSPS) is 11.4. The molecule has 2 aromatic carbocycles. The lowest BCUT2D eigenvalue weighted by atomic mass is 10.1. The summed E-state index contributed by atoms with van der Waals surface area (Å²) < 4.78 is 1.18. The number of rotatable bonds is 6. The summed E-state index contributed by atoms with van der Waals surface area (Å²) in [5.74, 6) is 1.15.